The van der Waals surface area contributed by atoms with E-state index in [0.29, 0.717) is 0 Å². The van der Waals surface area contributed by atoms with Crippen molar-refractivity contribution in [2.45, 2.75) is 45.1 Å². The van der Waals surface area contributed by atoms with Crippen molar-refractivity contribution in [2.75, 3.05) is 0 Å². The van der Waals surface area contributed by atoms with Crippen LogP contribution in [0.25, 0.3) is 0 Å². The lowest BCUT2D eigenvalue weighted by atomic mass is 9.83. The standard InChI is InChI=1S/C13H18ClN/c1-8-4-5-11(14)9(2)12(8)13(6-7-13)10(3)15/h4-5,10H,6-7,15H2,1-3H3. The number of hydrogen-bond acceptors (Lipinski definition) is 1. The Morgan fingerprint density at radius 3 is 2.40 bits per heavy atom. The quantitative estimate of drug-likeness (QED) is 0.818. The molecule has 1 atom stereocenters. The van der Waals surface area contributed by atoms with E-state index in [2.05, 4.69) is 26.8 Å². The number of rotatable bonds is 2. The van der Waals surface area contributed by atoms with E-state index < -0.39 is 0 Å². The Hall–Kier alpha value is -0.530. The van der Waals surface area contributed by atoms with Crippen LogP contribution in [0.1, 0.15) is 36.5 Å². The summed E-state index contributed by atoms with van der Waals surface area (Å²) in [6.07, 6.45) is 2.40. The maximum Gasteiger partial charge on any atom is 0.0438 e. The third-order valence-corrected chi connectivity index (χ3v) is 4.17. The Morgan fingerprint density at radius 1 is 1.33 bits per heavy atom. The summed E-state index contributed by atoms with van der Waals surface area (Å²) >= 11 is 6.18. The van der Waals surface area contributed by atoms with E-state index in [1.165, 1.54) is 29.5 Å². The van der Waals surface area contributed by atoms with Gasteiger partial charge in [0.25, 0.3) is 0 Å². The van der Waals surface area contributed by atoms with Crippen LogP contribution < -0.4 is 5.73 Å². The zero-order chi connectivity index (χ0) is 11.2. The van der Waals surface area contributed by atoms with E-state index in [0.717, 1.165) is 5.02 Å². The SMILES string of the molecule is Cc1ccc(Cl)c(C)c1C1(C(C)N)CC1. The highest BCUT2D eigenvalue weighted by Gasteiger charge is 2.49. The minimum atomic E-state index is 0.207. The Balaban J connectivity index is 2.57. The van der Waals surface area contributed by atoms with Crippen LogP contribution in [0.4, 0.5) is 0 Å². The molecule has 0 heterocycles. The second kappa shape index (κ2) is 3.50. The fourth-order valence-corrected chi connectivity index (χ4v) is 2.81. The van der Waals surface area contributed by atoms with Crippen molar-refractivity contribution in [3.8, 4) is 0 Å². The molecule has 2 heteroatoms. The van der Waals surface area contributed by atoms with Crippen molar-refractivity contribution < 1.29 is 0 Å². The molecule has 1 aromatic carbocycles. The highest BCUT2D eigenvalue weighted by atomic mass is 35.5. The summed E-state index contributed by atoms with van der Waals surface area (Å²) in [6, 6.07) is 4.30. The zero-order valence-corrected chi connectivity index (χ0v) is 10.4. The van der Waals surface area contributed by atoms with Crippen molar-refractivity contribution >= 4 is 11.6 Å². The van der Waals surface area contributed by atoms with Gasteiger partial charge in [-0.2, -0.15) is 0 Å². The van der Waals surface area contributed by atoms with Gasteiger partial charge in [0, 0.05) is 16.5 Å². The predicted molar refractivity (Wildman–Crippen MR) is 65.5 cm³/mol. The maximum absolute atomic E-state index is 6.18. The molecule has 1 unspecified atom stereocenters. The molecule has 1 aliphatic rings. The summed E-state index contributed by atoms with van der Waals surface area (Å²) in [4.78, 5) is 0. The summed E-state index contributed by atoms with van der Waals surface area (Å²) in [7, 11) is 0. The molecule has 1 aromatic rings. The molecule has 1 nitrogen and oxygen atoms in total. The molecule has 0 aromatic heterocycles. The van der Waals surface area contributed by atoms with E-state index >= 15 is 0 Å². The first-order chi connectivity index (χ1) is 6.99. The summed E-state index contributed by atoms with van der Waals surface area (Å²) in [6.45, 7) is 6.36. The Morgan fingerprint density at radius 2 is 1.93 bits per heavy atom. The van der Waals surface area contributed by atoms with Crippen molar-refractivity contribution in [1.82, 2.24) is 0 Å². The molecule has 1 aliphatic carbocycles. The zero-order valence-electron chi connectivity index (χ0n) is 9.60. The molecule has 1 saturated carbocycles. The normalized spacial score (nSPS) is 20.1. The van der Waals surface area contributed by atoms with Crippen LogP contribution in [0, 0.1) is 13.8 Å². The highest BCUT2D eigenvalue weighted by Crippen LogP contribution is 2.53. The van der Waals surface area contributed by atoms with Crippen molar-refractivity contribution in [3.05, 3.63) is 33.8 Å². The fraction of sp³-hybridized carbons (Fsp3) is 0.538. The average Bonchev–Trinajstić information content (AvgIpc) is 2.93. The van der Waals surface area contributed by atoms with Gasteiger partial charge >= 0.3 is 0 Å². The first kappa shape index (κ1) is 11.0. The Bertz CT molecular complexity index is 392. The third kappa shape index (κ3) is 1.58. The fourth-order valence-electron chi connectivity index (χ4n) is 2.66. The summed E-state index contributed by atoms with van der Waals surface area (Å²) in [5.41, 5.74) is 10.3. The van der Waals surface area contributed by atoms with Gasteiger partial charge < -0.3 is 5.73 Å². The lowest BCUT2D eigenvalue weighted by Crippen LogP contribution is -2.32. The predicted octanol–water partition coefficient (Wildman–Crippen LogP) is 3.34. The average molecular weight is 224 g/mol. The van der Waals surface area contributed by atoms with Gasteiger partial charge in [-0.15, -0.1) is 0 Å². The van der Waals surface area contributed by atoms with Gasteiger partial charge in [0.05, 0.1) is 0 Å². The van der Waals surface area contributed by atoms with Crippen molar-refractivity contribution in [3.63, 3.8) is 0 Å². The van der Waals surface area contributed by atoms with Gasteiger partial charge in [-0.25, -0.2) is 0 Å². The molecule has 0 radical (unpaired) electrons. The van der Waals surface area contributed by atoms with E-state index in [4.69, 9.17) is 17.3 Å². The van der Waals surface area contributed by atoms with Crippen LogP contribution in [-0.2, 0) is 5.41 Å². The second-order valence-corrected chi connectivity index (χ2v) is 5.22. The van der Waals surface area contributed by atoms with Crippen LogP contribution in [-0.4, -0.2) is 6.04 Å². The number of aryl methyl sites for hydroxylation is 1. The molecular weight excluding hydrogens is 206 g/mol. The van der Waals surface area contributed by atoms with Crippen molar-refractivity contribution in [2.24, 2.45) is 5.73 Å². The van der Waals surface area contributed by atoms with Gasteiger partial charge in [-0.3, -0.25) is 0 Å². The van der Waals surface area contributed by atoms with Gasteiger partial charge in [-0.05, 0) is 56.4 Å². The molecule has 82 valence electrons. The molecule has 1 fully saturated rings. The number of halogens is 1. The van der Waals surface area contributed by atoms with E-state index in [1.54, 1.807) is 0 Å². The summed E-state index contributed by atoms with van der Waals surface area (Å²) in [5, 5.41) is 0.863. The highest BCUT2D eigenvalue weighted by molar-refractivity contribution is 6.31. The first-order valence-corrected chi connectivity index (χ1v) is 5.88. The Kier molecular flexibility index (Phi) is 2.56. The minimum Gasteiger partial charge on any atom is -0.327 e. The molecule has 0 bridgehead atoms. The van der Waals surface area contributed by atoms with Gasteiger partial charge in [0.2, 0.25) is 0 Å². The van der Waals surface area contributed by atoms with Crippen molar-refractivity contribution in [1.29, 1.82) is 0 Å². The number of hydrogen-bond donors (Lipinski definition) is 1. The third-order valence-electron chi connectivity index (χ3n) is 3.77. The second-order valence-electron chi connectivity index (χ2n) is 4.81. The molecule has 0 amide bonds. The van der Waals surface area contributed by atoms with E-state index in [9.17, 15) is 0 Å². The molecule has 0 saturated heterocycles. The number of nitrogens with two attached hydrogens (primary N) is 1. The Labute approximate surface area is 96.6 Å². The van der Waals surface area contributed by atoms with Crippen LogP contribution in [0.3, 0.4) is 0 Å². The molecular formula is C13H18ClN. The van der Waals surface area contributed by atoms with Gasteiger partial charge in [0.1, 0.15) is 0 Å². The number of benzene rings is 1. The van der Waals surface area contributed by atoms with Gasteiger partial charge in [-0.1, -0.05) is 17.7 Å². The molecule has 0 aliphatic heterocycles. The first-order valence-electron chi connectivity index (χ1n) is 5.51. The van der Waals surface area contributed by atoms with Crippen LogP contribution in [0.15, 0.2) is 12.1 Å². The minimum absolute atomic E-state index is 0.207. The summed E-state index contributed by atoms with van der Waals surface area (Å²) in [5.74, 6) is 0. The maximum atomic E-state index is 6.18. The van der Waals surface area contributed by atoms with E-state index in [-0.39, 0.29) is 11.5 Å². The van der Waals surface area contributed by atoms with Crippen LogP contribution in [0.5, 0.6) is 0 Å². The van der Waals surface area contributed by atoms with Crippen LogP contribution in [0.2, 0.25) is 5.02 Å². The molecule has 2 N–H and O–H groups in total. The summed E-state index contributed by atoms with van der Waals surface area (Å²) < 4.78 is 0. The van der Waals surface area contributed by atoms with E-state index in [1.807, 2.05) is 6.07 Å². The largest absolute Gasteiger partial charge is 0.327 e. The lowest BCUT2D eigenvalue weighted by Gasteiger charge is -2.25. The molecule has 2 rings (SSSR count). The molecule has 15 heavy (non-hydrogen) atoms. The lowest BCUT2D eigenvalue weighted by molar-refractivity contribution is 0.551. The monoisotopic (exact) mass is 223 g/mol. The smallest absolute Gasteiger partial charge is 0.0438 e. The topological polar surface area (TPSA) is 26.0 Å². The molecule has 0 spiro atoms. The van der Waals surface area contributed by atoms with Gasteiger partial charge in [0.15, 0.2) is 0 Å². The van der Waals surface area contributed by atoms with Crippen LogP contribution >= 0.6 is 11.6 Å².